The van der Waals surface area contributed by atoms with Crippen molar-refractivity contribution in [3.63, 3.8) is 0 Å². The summed E-state index contributed by atoms with van der Waals surface area (Å²) in [6.45, 7) is 1.78. The minimum Gasteiger partial charge on any atom is -0.504 e. The van der Waals surface area contributed by atoms with Crippen LogP contribution in [-0.4, -0.2) is 46.8 Å². The van der Waals surface area contributed by atoms with Gasteiger partial charge in [-0.2, -0.15) is 0 Å². The van der Waals surface area contributed by atoms with Gasteiger partial charge in [-0.05, 0) is 37.1 Å². The highest BCUT2D eigenvalue weighted by atomic mass is 35.5. The maximum absolute atomic E-state index is 12.7. The predicted octanol–water partition coefficient (Wildman–Crippen LogP) is 3.01. The number of rotatable bonds is 2. The number of benzene rings is 1. The van der Waals surface area contributed by atoms with Gasteiger partial charge in [0.15, 0.2) is 11.5 Å². The average molecular weight is 375 g/mol. The number of amides is 1. The summed E-state index contributed by atoms with van der Waals surface area (Å²) in [4.78, 5) is 18.7. The van der Waals surface area contributed by atoms with Crippen LogP contribution in [0.3, 0.4) is 0 Å². The first-order chi connectivity index (χ1) is 12.6. The van der Waals surface area contributed by atoms with Crippen molar-refractivity contribution in [3.05, 3.63) is 41.0 Å². The zero-order valence-electron chi connectivity index (χ0n) is 14.2. The molecule has 7 heteroatoms. The minimum absolute atomic E-state index is 0.0199. The van der Waals surface area contributed by atoms with Crippen molar-refractivity contribution in [1.29, 1.82) is 0 Å². The van der Waals surface area contributed by atoms with Gasteiger partial charge in [-0.25, -0.2) is 0 Å². The summed E-state index contributed by atoms with van der Waals surface area (Å²) in [5.41, 5.74) is 2.18. The summed E-state index contributed by atoms with van der Waals surface area (Å²) in [5.74, 6) is 0.444. The molecule has 1 aromatic carbocycles. The highest BCUT2D eigenvalue weighted by Gasteiger charge is 2.30. The van der Waals surface area contributed by atoms with Crippen molar-refractivity contribution in [1.82, 2.24) is 9.88 Å². The molecule has 1 N–H and O–H groups in total. The van der Waals surface area contributed by atoms with Gasteiger partial charge in [-0.15, -0.1) is 0 Å². The van der Waals surface area contributed by atoms with Crippen molar-refractivity contribution in [2.45, 2.75) is 25.5 Å². The van der Waals surface area contributed by atoms with Gasteiger partial charge < -0.3 is 19.5 Å². The maximum atomic E-state index is 12.7. The van der Waals surface area contributed by atoms with Gasteiger partial charge in [0.1, 0.15) is 12.7 Å². The third-order valence-corrected chi connectivity index (χ3v) is 4.88. The highest BCUT2D eigenvalue weighted by Crippen LogP contribution is 2.37. The van der Waals surface area contributed by atoms with E-state index in [1.807, 2.05) is 6.07 Å². The van der Waals surface area contributed by atoms with Crippen LogP contribution in [0.1, 0.15) is 18.4 Å². The van der Waals surface area contributed by atoms with Crippen LogP contribution in [0, 0.1) is 0 Å². The normalized spacial score (nSPS) is 19.6. The number of carbonyl (C=O) groups is 1. The molecule has 26 heavy (non-hydrogen) atoms. The number of aromatic hydroxyl groups is 1. The van der Waals surface area contributed by atoms with Crippen molar-refractivity contribution >= 4 is 17.5 Å². The summed E-state index contributed by atoms with van der Waals surface area (Å²) in [6, 6.07) is 7.05. The van der Waals surface area contributed by atoms with Gasteiger partial charge >= 0.3 is 0 Å². The van der Waals surface area contributed by atoms with E-state index in [9.17, 15) is 9.90 Å². The van der Waals surface area contributed by atoms with Crippen molar-refractivity contribution in [2.24, 2.45) is 0 Å². The number of phenols is 1. The fraction of sp³-hybridized carbons (Fsp3) is 0.368. The quantitative estimate of drug-likeness (QED) is 0.874. The Bertz CT molecular complexity index is 819. The van der Waals surface area contributed by atoms with Crippen LogP contribution in [0.2, 0.25) is 5.02 Å². The summed E-state index contributed by atoms with van der Waals surface area (Å²) in [7, 11) is 0. The van der Waals surface area contributed by atoms with E-state index < -0.39 is 0 Å². The van der Waals surface area contributed by atoms with E-state index in [0.717, 1.165) is 24.0 Å². The molecular weight excluding hydrogens is 356 g/mol. The molecule has 0 spiro atoms. The molecule has 0 unspecified atom stereocenters. The van der Waals surface area contributed by atoms with E-state index in [1.165, 1.54) is 0 Å². The van der Waals surface area contributed by atoms with Crippen LogP contribution >= 0.6 is 11.6 Å². The first-order valence-electron chi connectivity index (χ1n) is 8.63. The topological polar surface area (TPSA) is 71.9 Å². The second-order valence-corrected chi connectivity index (χ2v) is 6.89. The molecule has 2 aromatic rings. The van der Waals surface area contributed by atoms with Crippen LogP contribution < -0.4 is 4.74 Å². The summed E-state index contributed by atoms with van der Waals surface area (Å²) >= 11 is 5.90. The first-order valence-corrected chi connectivity index (χ1v) is 9.00. The number of halogens is 1. The molecule has 6 nitrogen and oxygen atoms in total. The SMILES string of the molecule is O=C([C@H]1CCCO1)N1CCOc2c(O)cc(-c3ccc(Cl)cn3)cc2C1. The number of hydrogen-bond acceptors (Lipinski definition) is 5. The van der Waals surface area contributed by atoms with Crippen LogP contribution in [0.25, 0.3) is 11.3 Å². The molecule has 2 aliphatic rings. The minimum atomic E-state index is -0.369. The summed E-state index contributed by atoms with van der Waals surface area (Å²) in [5, 5.41) is 11.0. The highest BCUT2D eigenvalue weighted by molar-refractivity contribution is 6.30. The number of carbonyl (C=O) groups excluding carboxylic acids is 1. The molecule has 2 aliphatic heterocycles. The third kappa shape index (κ3) is 3.34. The zero-order valence-corrected chi connectivity index (χ0v) is 14.9. The Morgan fingerprint density at radius 1 is 1.31 bits per heavy atom. The molecule has 1 saturated heterocycles. The van der Waals surface area contributed by atoms with E-state index in [2.05, 4.69) is 4.98 Å². The van der Waals surface area contributed by atoms with Gasteiger partial charge in [-0.1, -0.05) is 11.6 Å². The van der Waals surface area contributed by atoms with Gasteiger partial charge in [0, 0.05) is 30.5 Å². The maximum Gasteiger partial charge on any atom is 0.252 e. The number of fused-ring (bicyclic) bond motifs is 1. The van der Waals surface area contributed by atoms with E-state index in [1.54, 1.807) is 29.3 Å². The molecule has 1 aromatic heterocycles. The van der Waals surface area contributed by atoms with Crippen LogP contribution in [0.15, 0.2) is 30.5 Å². The average Bonchev–Trinajstić information content (AvgIpc) is 3.08. The van der Waals surface area contributed by atoms with Crippen LogP contribution in [-0.2, 0) is 16.1 Å². The van der Waals surface area contributed by atoms with E-state index >= 15 is 0 Å². The number of nitrogens with zero attached hydrogens (tertiary/aromatic N) is 2. The predicted molar refractivity (Wildman–Crippen MR) is 96.2 cm³/mol. The lowest BCUT2D eigenvalue weighted by Gasteiger charge is -2.23. The van der Waals surface area contributed by atoms with Crippen molar-refractivity contribution < 1.29 is 19.4 Å². The number of pyridine rings is 1. The van der Waals surface area contributed by atoms with Gasteiger partial charge in [0.2, 0.25) is 0 Å². The number of hydrogen-bond donors (Lipinski definition) is 1. The van der Waals surface area contributed by atoms with Gasteiger partial charge in [0.05, 0.1) is 17.3 Å². The molecule has 1 fully saturated rings. The van der Waals surface area contributed by atoms with E-state index in [4.69, 9.17) is 21.1 Å². The lowest BCUT2D eigenvalue weighted by molar-refractivity contribution is -0.141. The Balaban J connectivity index is 1.65. The van der Waals surface area contributed by atoms with Gasteiger partial charge in [0.25, 0.3) is 5.91 Å². The zero-order chi connectivity index (χ0) is 18.1. The second kappa shape index (κ2) is 7.13. The molecule has 0 radical (unpaired) electrons. The molecule has 0 saturated carbocycles. The Hall–Kier alpha value is -2.31. The standard InChI is InChI=1S/C19H19ClN2O4/c20-14-3-4-15(21-10-14)12-8-13-11-22(19(24)17-2-1-6-25-17)5-7-26-18(13)16(23)9-12/h3-4,8-10,17,23H,1-2,5-7,11H2/t17-/m1/s1. The molecule has 4 rings (SSSR count). The number of ether oxygens (including phenoxy) is 2. The monoisotopic (exact) mass is 374 g/mol. The molecule has 0 aliphatic carbocycles. The lowest BCUT2D eigenvalue weighted by atomic mass is 10.0. The second-order valence-electron chi connectivity index (χ2n) is 6.46. The van der Waals surface area contributed by atoms with Crippen molar-refractivity contribution in [3.8, 4) is 22.8 Å². The fourth-order valence-corrected chi connectivity index (χ4v) is 3.47. The van der Waals surface area contributed by atoms with E-state index in [0.29, 0.717) is 42.8 Å². The van der Waals surface area contributed by atoms with Crippen LogP contribution in [0.4, 0.5) is 0 Å². The fourth-order valence-electron chi connectivity index (χ4n) is 3.36. The Labute approximate surface area is 156 Å². The Morgan fingerprint density at radius 2 is 2.19 bits per heavy atom. The molecule has 0 bridgehead atoms. The molecule has 136 valence electrons. The largest absolute Gasteiger partial charge is 0.504 e. The van der Waals surface area contributed by atoms with E-state index in [-0.39, 0.29) is 17.8 Å². The van der Waals surface area contributed by atoms with Gasteiger partial charge in [-0.3, -0.25) is 9.78 Å². The molecular formula is C19H19ClN2O4. The summed E-state index contributed by atoms with van der Waals surface area (Å²) < 4.78 is 11.2. The third-order valence-electron chi connectivity index (χ3n) is 4.66. The molecule has 1 amide bonds. The lowest BCUT2D eigenvalue weighted by Crippen LogP contribution is -2.39. The van der Waals surface area contributed by atoms with Crippen molar-refractivity contribution in [2.75, 3.05) is 19.8 Å². The first kappa shape index (κ1) is 17.1. The Kier molecular flexibility index (Phi) is 4.70. The van der Waals surface area contributed by atoms with Crippen LogP contribution in [0.5, 0.6) is 11.5 Å². The molecule has 1 atom stereocenters. The Morgan fingerprint density at radius 3 is 2.92 bits per heavy atom. The number of aromatic nitrogens is 1. The smallest absolute Gasteiger partial charge is 0.252 e. The summed E-state index contributed by atoms with van der Waals surface area (Å²) in [6.07, 6.45) is 2.85. The number of phenolic OH excluding ortho intramolecular Hbond substituents is 1. The molecule has 3 heterocycles.